The number of phenols is 1. The van der Waals surface area contributed by atoms with E-state index in [0.29, 0.717) is 5.69 Å². The fourth-order valence-corrected chi connectivity index (χ4v) is 4.84. The van der Waals surface area contributed by atoms with E-state index in [-0.39, 0.29) is 40.7 Å². The maximum atomic E-state index is 13.4. The van der Waals surface area contributed by atoms with Gasteiger partial charge in [-0.25, -0.2) is 8.78 Å². The van der Waals surface area contributed by atoms with Crippen LogP contribution >= 0.6 is 0 Å². The van der Waals surface area contributed by atoms with Crippen LogP contribution in [0.5, 0.6) is 5.75 Å². The molecule has 0 spiro atoms. The Labute approximate surface area is 180 Å². The summed E-state index contributed by atoms with van der Waals surface area (Å²) < 4.78 is 26.7. The molecule has 1 N–H and O–H groups in total. The third kappa shape index (κ3) is 3.58. The van der Waals surface area contributed by atoms with Gasteiger partial charge >= 0.3 is 0 Å². The van der Waals surface area contributed by atoms with Crippen LogP contribution in [0.1, 0.15) is 42.9 Å². The third-order valence-electron chi connectivity index (χ3n) is 6.80. The molecule has 0 radical (unpaired) electrons. The highest BCUT2D eigenvalue weighted by Gasteiger charge is 2.51. The van der Waals surface area contributed by atoms with Gasteiger partial charge < -0.3 is 10.0 Å². The summed E-state index contributed by atoms with van der Waals surface area (Å²) in [6, 6.07) is 19.4. The van der Waals surface area contributed by atoms with Crippen LogP contribution in [-0.2, 0) is 10.2 Å². The molecule has 1 saturated carbocycles. The number of anilines is 1. The predicted octanol–water partition coefficient (Wildman–Crippen LogP) is 5.89. The largest absolute Gasteiger partial charge is 0.508 e. The lowest BCUT2D eigenvalue weighted by Gasteiger charge is -2.48. The van der Waals surface area contributed by atoms with E-state index in [9.17, 15) is 18.7 Å². The molecule has 158 valence electrons. The van der Waals surface area contributed by atoms with Crippen LogP contribution in [0.2, 0.25) is 0 Å². The Morgan fingerprint density at radius 1 is 0.871 bits per heavy atom. The molecule has 2 atom stereocenters. The molecular formula is C26H23F2NO2. The van der Waals surface area contributed by atoms with Gasteiger partial charge in [0.25, 0.3) is 0 Å². The van der Waals surface area contributed by atoms with Gasteiger partial charge in [-0.05, 0) is 90.8 Å². The number of β-lactam (4-membered cyclic amide) rings is 1. The van der Waals surface area contributed by atoms with Crippen molar-refractivity contribution in [2.24, 2.45) is 5.92 Å². The summed E-state index contributed by atoms with van der Waals surface area (Å²) in [6.45, 7) is 0. The second-order valence-corrected chi connectivity index (χ2v) is 8.65. The molecule has 0 unspecified atom stereocenters. The lowest BCUT2D eigenvalue weighted by molar-refractivity contribution is -0.130. The molecule has 2 fully saturated rings. The number of carbonyl (C=O) groups excluding carboxylic acids is 1. The van der Waals surface area contributed by atoms with Gasteiger partial charge in [0.2, 0.25) is 5.91 Å². The summed E-state index contributed by atoms with van der Waals surface area (Å²) in [7, 11) is 0. The smallest absolute Gasteiger partial charge is 0.233 e. The average molecular weight is 419 g/mol. The SMILES string of the molecule is O=C1[C@H](CCC2(c3ccc(F)cc3)CC2)[C@@H](c2ccc(O)cc2)N1c1ccc(F)cc1. The summed E-state index contributed by atoms with van der Waals surface area (Å²) in [5.41, 5.74) is 2.78. The Balaban J connectivity index is 1.39. The van der Waals surface area contributed by atoms with Crippen molar-refractivity contribution in [3.63, 3.8) is 0 Å². The Hall–Kier alpha value is -3.21. The highest BCUT2D eigenvalue weighted by atomic mass is 19.1. The summed E-state index contributed by atoms with van der Waals surface area (Å²) in [4.78, 5) is 14.9. The second kappa shape index (κ2) is 7.49. The van der Waals surface area contributed by atoms with Crippen molar-refractivity contribution >= 4 is 11.6 Å². The molecule has 2 aliphatic rings. The lowest BCUT2D eigenvalue weighted by Crippen LogP contribution is -2.55. The van der Waals surface area contributed by atoms with Gasteiger partial charge in [0.1, 0.15) is 17.4 Å². The minimum absolute atomic E-state index is 0.0274. The van der Waals surface area contributed by atoms with Crippen LogP contribution in [0.15, 0.2) is 72.8 Å². The maximum Gasteiger partial charge on any atom is 0.233 e. The van der Waals surface area contributed by atoms with E-state index in [4.69, 9.17) is 0 Å². The Bertz CT molecular complexity index is 1090. The summed E-state index contributed by atoms with van der Waals surface area (Å²) in [5.74, 6) is -0.569. The van der Waals surface area contributed by atoms with Gasteiger partial charge in [-0.2, -0.15) is 0 Å². The quantitative estimate of drug-likeness (QED) is 0.507. The van der Waals surface area contributed by atoms with Crippen molar-refractivity contribution in [1.82, 2.24) is 0 Å². The van der Waals surface area contributed by atoms with Crippen molar-refractivity contribution in [2.75, 3.05) is 4.90 Å². The van der Waals surface area contributed by atoms with Crippen molar-refractivity contribution in [2.45, 2.75) is 37.1 Å². The number of hydrogen-bond acceptors (Lipinski definition) is 2. The average Bonchev–Trinajstić information content (AvgIpc) is 3.56. The Morgan fingerprint density at radius 3 is 2.03 bits per heavy atom. The minimum Gasteiger partial charge on any atom is -0.508 e. The molecule has 1 amide bonds. The maximum absolute atomic E-state index is 13.4. The normalized spacial score (nSPS) is 21.6. The van der Waals surface area contributed by atoms with Crippen molar-refractivity contribution in [1.29, 1.82) is 0 Å². The van der Waals surface area contributed by atoms with Crippen LogP contribution in [0.3, 0.4) is 0 Å². The summed E-state index contributed by atoms with van der Waals surface area (Å²) in [5, 5.41) is 9.68. The zero-order chi connectivity index (χ0) is 21.6. The molecule has 3 nitrogen and oxygen atoms in total. The molecule has 3 aromatic rings. The van der Waals surface area contributed by atoms with Gasteiger partial charge in [0, 0.05) is 5.69 Å². The van der Waals surface area contributed by atoms with Crippen LogP contribution in [0.4, 0.5) is 14.5 Å². The number of hydrogen-bond donors (Lipinski definition) is 1. The third-order valence-corrected chi connectivity index (χ3v) is 6.80. The zero-order valence-electron chi connectivity index (χ0n) is 17.0. The molecule has 3 aromatic carbocycles. The fraction of sp³-hybridized carbons (Fsp3) is 0.269. The molecule has 1 saturated heterocycles. The van der Waals surface area contributed by atoms with Crippen LogP contribution in [0, 0.1) is 17.6 Å². The van der Waals surface area contributed by atoms with Crippen LogP contribution in [-0.4, -0.2) is 11.0 Å². The molecule has 0 aromatic heterocycles. The number of rotatable bonds is 6. The first-order valence-corrected chi connectivity index (χ1v) is 10.6. The number of benzene rings is 3. The highest BCUT2D eigenvalue weighted by molar-refractivity contribution is 6.03. The van der Waals surface area contributed by atoms with E-state index < -0.39 is 0 Å². The first-order chi connectivity index (χ1) is 15.0. The molecule has 0 bridgehead atoms. The molecule has 5 heteroatoms. The minimum atomic E-state index is -0.343. The van der Waals surface area contributed by atoms with E-state index >= 15 is 0 Å². The van der Waals surface area contributed by atoms with Gasteiger partial charge in [-0.3, -0.25) is 4.79 Å². The first-order valence-electron chi connectivity index (χ1n) is 10.6. The number of carbonyl (C=O) groups is 1. The van der Waals surface area contributed by atoms with Crippen LogP contribution < -0.4 is 4.90 Å². The van der Waals surface area contributed by atoms with Crippen molar-refractivity contribution in [3.8, 4) is 5.75 Å². The van der Waals surface area contributed by atoms with Crippen molar-refractivity contribution in [3.05, 3.63) is 95.6 Å². The zero-order valence-corrected chi connectivity index (χ0v) is 17.0. The van der Waals surface area contributed by atoms with E-state index in [1.807, 2.05) is 24.3 Å². The van der Waals surface area contributed by atoms with E-state index in [1.165, 1.54) is 24.3 Å². The molecule has 5 rings (SSSR count). The molecular weight excluding hydrogens is 396 g/mol. The van der Waals surface area contributed by atoms with Crippen molar-refractivity contribution < 1.29 is 18.7 Å². The monoisotopic (exact) mass is 419 g/mol. The Kier molecular flexibility index (Phi) is 4.77. The number of amides is 1. The topological polar surface area (TPSA) is 40.5 Å². The standard InChI is InChI=1S/C26H23F2NO2/c27-19-5-3-18(4-6-19)26(15-16-26)14-13-23-24(17-1-11-22(30)12-2-17)29(25(23)31)21-9-7-20(28)8-10-21/h1-12,23-24,30H,13-16H2/t23-,24-/m1/s1. The molecule has 1 aliphatic carbocycles. The first kappa shape index (κ1) is 19.7. The number of aromatic hydroxyl groups is 1. The number of halogens is 2. The highest BCUT2D eigenvalue weighted by Crippen LogP contribution is 2.54. The summed E-state index contributed by atoms with van der Waals surface area (Å²) in [6.07, 6.45) is 3.68. The summed E-state index contributed by atoms with van der Waals surface area (Å²) >= 11 is 0. The Morgan fingerprint density at radius 2 is 1.45 bits per heavy atom. The van der Waals surface area contributed by atoms with Gasteiger partial charge in [0.15, 0.2) is 0 Å². The van der Waals surface area contributed by atoms with Crippen LogP contribution in [0.25, 0.3) is 0 Å². The van der Waals surface area contributed by atoms with Gasteiger partial charge in [-0.15, -0.1) is 0 Å². The van der Waals surface area contributed by atoms with Gasteiger partial charge in [0.05, 0.1) is 12.0 Å². The van der Waals surface area contributed by atoms with E-state index in [0.717, 1.165) is 36.8 Å². The van der Waals surface area contributed by atoms with Gasteiger partial charge in [-0.1, -0.05) is 24.3 Å². The van der Waals surface area contributed by atoms with E-state index in [2.05, 4.69) is 0 Å². The van der Waals surface area contributed by atoms with E-state index in [1.54, 1.807) is 29.2 Å². The number of phenolic OH excluding ortho intramolecular Hbond substituents is 1. The lowest BCUT2D eigenvalue weighted by atomic mass is 9.76. The number of nitrogens with zero attached hydrogens (tertiary/aromatic N) is 1. The molecule has 1 heterocycles. The second-order valence-electron chi connectivity index (χ2n) is 8.65. The fourth-order valence-electron chi connectivity index (χ4n) is 4.84. The molecule has 31 heavy (non-hydrogen) atoms. The predicted molar refractivity (Wildman–Crippen MR) is 115 cm³/mol. The molecule has 1 aliphatic heterocycles.